The van der Waals surface area contributed by atoms with Crippen LogP contribution in [-0.4, -0.2) is 172 Å². The molecular formula is C46H59N2O25+. The number of hydrogen-bond acceptors (Lipinski definition) is 22. The highest BCUT2D eigenvalue weighted by Crippen LogP contribution is 2.31. The SMILES string of the molecule is C=C1C=CC(=O)C(CC(=O)CC)=C1.O=C(O)C1O[C@@H](O)C(O)[C@@H](O)[C@@H]1O.O=[C+]O.[2HH].[2H]C(=O)OCc1ccc(O)c(NC(=O)CC)c1.[2H]C(=O)OCc1ccc(O[C@@H]2OC(C(=O)O)[C@@H](O)[C@H](O)C2O)c(NC(=O)CC)c1. The molecule has 2 aromatic rings. The van der Waals surface area contributed by atoms with Gasteiger partial charge in [0.2, 0.25) is 18.1 Å². The fourth-order valence-electron chi connectivity index (χ4n) is 5.79. The first-order valence-electron chi connectivity index (χ1n) is 22.3. The third-order valence-electron chi connectivity index (χ3n) is 9.69. The van der Waals surface area contributed by atoms with Gasteiger partial charge < -0.3 is 85.4 Å². The molecule has 13 N–H and O–H groups in total. The molecule has 0 radical (unpaired) electrons. The Balaban J connectivity index is 0.00000102. The molecule has 2 fully saturated rings. The van der Waals surface area contributed by atoms with E-state index in [0.717, 1.165) is 5.57 Å². The van der Waals surface area contributed by atoms with Gasteiger partial charge in [-0.2, -0.15) is 0 Å². The molecule has 2 aliphatic heterocycles. The lowest BCUT2D eigenvalue weighted by atomic mass is 9.97. The average molecular weight is 1040 g/mol. The molecule has 2 amide bonds. The summed E-state index contributed by atoms with van der Waals surface area (Å²) in [5, 5.41) is 104. The fraction of sp³-hybridized carbons (Fsp3) is 0.413. The Morgan fingerprint density at radius 2 is 1.22 bits per heavy atom. The van der Waals surface area contributed by atoms with Crippen molar-refractivity contribution in [2.24, 2.45) is 0 Å². The molecule has 27 heteroatoms. The predicted octanol–water partition coefficient (Wildman–Crippen LogP) is -0.902. The number of Topliss-reactive ketones (excluding diaryl/α,β-unsaturated/α-hetero) is 1. The smallest absolute Gasteiger partial charge is 0.506 e. The zero-order chi connectivity index (χ0) is 57.3. The minimum absolute atomic E-state index is 0. The topological polar surface area (TPSA) is 446 Å². The first-order valence-corrected chi connectivity index (χ1v) is 21.3. The number of benzene rings is 2. The number of carboxylic acid groups (broad SMARTS) is 2. The summed E-state index contributed by atoms with van der Waals surface area (Å²) in [7, 11) is 0. The van der Waals surface area contributed by atoms with E-state index < -0.39 is 92.2 Å². The van der Waals surface area contributed by atoms with E-state index in [2.05, 4.69) is 31.4 Å². The molecule has 2 aromatic carbocycles. The van der Waals surface area contributed by atoms with Crippen LogP contribution in [0, 0.1) is 0 Å². The van der Waals surface area contributed by atoms with E-state index in [1.54, 1.807) is 39.0 Å². The molecule has 402 valence electrons. The van der Waals surface area contributed by atoms with Crippen molar-refractivity contribution in [2.45, 2.75) is 121 Å². The number of carbonyl (C=O) groups excluding carboxylic acids is 6. The lowest BCUT2D eigenvalue weighted by Crippen LogP contribution is -2.61. The highest BCUT2D eigenvalue weighted by atomic mass is 16.7. The normalized spacial score (nSPS) is 23.9. The van der Waals surface area contributed by atoms with Gasteiger partial charge in [-0.25, -0.2) is 14.7 Å². The maximum Gasteiger partial charge on any atom is 0.794 e. The van der Waals surface area contributed by atoms with E-state index in [9.17, 15) is 58.8 Å². The van der Waals surface area contributed by atoms with Crippen LogP contribution in [0.3, 0.4) is 0 Å². The van der Waals surface area contributed by atoms with Crippen molar-refractivity contribution in [2.75, 3.05) is 10.6 Å². The van der Waals surface area contributed by atoms with E-state index >= 15 is 0 Å². The Bertz CT molecular complexity index is 2400. The standard InChI is InChI=1S/C17H21NO10.C11H13NO4.C11H12O2.C6H10O7.CHO2.H2/c1-2-11(20)18-9-5-8(6-26-7-19)3-4-10(9)27-17-14(23)12(21)13(22)15(28-17)16(24)25;1-2-11(15)12-9-5-8(6-16-7-13)3-4-10(9)14;1-3-10(12)7-9-6-8(2)4-5-11(9)13;7-1-2(8)4(5(10)11)13-6(12)3(1)9;2-1-3;/h3-5,7,12-15,17,21-23H,2,6H2,1H3,(H,18,20)(H,24,25);3-5,7,14H,2,6H2,1H3,(H,12,15);4-6H,2-3,7H2,1H3;1-4,6-9,12H,(H,10,11);(H,2,3);1H/q;;;;+1;/t12-,13-,14?,15?,17+;;;1-,2-,3?,4?,6+;;/m0..0../s1/i2*7D;;;;1+1. The second-order valence-electron chi connectivity index (χ2n) is 14.9. The van der Waals surface area contributed by atoms with Crippen molar-refractivity contribution in [3.05, 3.63) is 83.5 Å². The van der Waals surface area contributed by atoms with Gasteiger partial charge in [-0.3, -0.25) is 28.8 Å². The number of ether oxygens (including phenoxy) is 5. The molecule has 0 spiro atoms. The summed E-state index contributed by atoms with van der Waals surface area (Å²) in [5.41, 5.74) is 2.68. The largest absolute Gasteiger partial charge is 0.794 e. The van der Waals surface area contributed by atoms with E-state index in [1.165, 1.54) is 36.4 Å². The molecule has 2 saturated heterocycles. The number of nitrogens with one attached hydrogen (secondary N) is 2. The third-order valence-corrected chi connectivity index (χ3v) is 9.69. The number of amides is 2. The zero-order valence-electron chi connectivity index (χ0n) is 41.1. The Morgan fingerprint density at radius 1 is 0.740 bits per heavy atom. The molecule has 4 unspecified atom stereocenters. The minimum Gasteiger partial charge on any atom is -0.506 e. The van der Waals surface area contributed by atoms with Gasteiger partial charge in [-0.15, -0.1) is 0 Å². The number of aliphatic hydroxyl groups is 7. The van der Waals surface area contributed by atoms with Crippen molar-refractivity contribution in [1.82, 2.24) is 0 Å². The average Bonchev–Trinajstić information content (AvgIpc) is 3.36. The van der Waals surface area contributed by atoms with Crippen LogP contribution in [0.5, 0.6) is 11.5 Å². The summed E-state index contributed by atoms with van der Waals surface area (Å²) in [6.45, 7) is 8.98. The number of ketones is 2. The van der Waals surface area contributed by atoms with E-state index in [1.807, 2.05) is 0 Å². The molecule has 0 aromatic heterocycles. The summed E-state index contributed by atoms with van der Waals surface area (Å²) in [4.78, 5) is 96.1. The zero-order valence-corrected chi connectivity index (χ0v) is 39.1. The lowest BCUT2D eigenvalue weighted by molar-refractivity contribution is -0.279. The Morgan fingerprint density at radius 3 is 1.71 bits per heavy atom. The van der Waals surface area contributed by atoms with E-state index in [0.29, 0.717) is 36.0 Å². The van der Waals surface area contributed by atoms with Crippen LogP contribution in [0.25, 0.3) is 0 Å². The van der Waals surface area contributed by atoms with Crippen LogP contribution in [0.15, 0.2) is 72.4 Å². The van der Waals surface area contributed by atoms with Crippen LogP contribution in [0.1, 0.15) is 61.7 Å². The second-order valence-corrected chi connectivity index (χ2v) is 14.9. The quantitative estimate of drug-likeness (QED) is 0.0584. The van der Waals surface area contributed by atoms with E-state index in [-0.39, 0.29) is 67.8 Å². The van der Waals surface area contributed by atoms with E-state index in [4.69, 9.17) is 52.8 Å². The molecule has 2 heterocycles. The van der Waals surface area contributed by atoms with Crippen molar-refractivity contribution in [1.29, 1.82) is 0 Å². The molecular weight excluding hydrogens is 980 g/mol. The summed E-state index contributed by atoms with van der Waals surface area (Å²) < 4.78 is 37.2. The summed E-state index contributed by atoms with van der Waals surface area (Å²) >= 11 is 0. The Hall–Kier alpha value is -7.56. The van der Waals surface area contributed by atoms with Crippen molar-refractivity contribution >= 4 is 66.1 Å². The number of carboxylic acids is 2. The third kappa shape index (κ3) is 21.0. The van der Waals surface area contributed by atoms with Gasteiger partial charge in [0.25, 0.3) is 12.9 Å². The van der Waals surface area contributed by atoms with Crippen LogP contribution >= 0.6 is 0 Å². The molecule has 73 heavy (non-hydrogen) atoms. The minimum atomic E-state index is -1.87. The Kier molecular flexibility index (Phi) is 26.5. The molecule has 3 aliphatic rings. The van der Waals surface area contributed by atoms with Crippen LogP contribution in [0.2, 0.25) is 0 Å². The van der Waals surface area contributed by atoms with Gasteiger partial charge in [0.1, 0.15) is 67.1 Å². The predicted molar refractivity (Wildman–Crippen MR) is 247 cm³/mol. The van der Waals surface area contributed by atoms with Gasteiger partial charge >= 0.3 is 18.4 Å². The first kappa shape index (κ1) is 59.7. The maximum absolute atomic E-state index is 11.8. The summed E-state index contributed by atoms with van der Waals surface area (Å²) in [6.07, 6.45) is -14.2. The highest BCUT2D eigenvalue weighted by Gasteiger charge is 2.48. The number of aliphatic carboxylic acids is 2. The molecule has 0 bridgehead atoms. The number of carbonyl (C=O) groups is 8. The van der Waals surface area contributed by atoms with Crippen molar-refractivity contribution in [3.63, 3.8) is 0 Å². The second kappa shape index (κ2) is 32.4. The summed E-state index contributed by atoms with van der Waals surface area (Å²) in [6, 6.07) is 8.59. The number of aromatic hydroxyl groups is 1. The van der Waals surface area contributed by atoms with Crippen LogP contribution in [-0.2, 0) is 75.3 Å². The first-order chi connectivity index (χ1) is 35.1. The molecule has 5 rings (SSSR count). The molecule has 27 nitrogen and oxygen atoms in total. The van der Waals surface area contributed by atoms with Gasteiger partial charge in [0.15, 0.2) is 27.0 Å². The molecule has 10 atom stereocenters. The molecule has 0 saturated carbocycles. The Labute approximate surface area is 419 Å². The lowest BCUT2D eigenvalue weighted by Gasteiger charge is -2.38. The highest BCUT2D eigenvalue weighted by molar-refractivity contribution is 6.09. The van der Waals surface area contributed by atoms with Crippen LogP contribution < -0.4 is 15.4 Å². The number of rotatable bonds is 15. The van der Waals surface area contributed by atoms with Gasteiger partial charge in [-0.1, -0.05) is 45.6 Å². The van der Waals surface area contributed by atoms with Gasteiger partial charge in [0.05, 0.1) is 16.2 Å². The monoisotopic (exact) mass is 1040 g/mol. The number of anilines is 2. The number of allylic oxidation sites excluding steroid dienone is 5. The van der Waals surface area contributed by atoms with Crippen molar-refractivity contribution < 1.29 is 127 Å². The van der Waals surface area contributed by atoms with Crippen molar-refractivity contribution in [3.8, 4) is 11.5 Å². The molecule has 1 aliphatic carbocycles. The number of aliphatic hydroxyl groups excluding tert-OH is 8. The van der Waals surface area contributed by atoms with Gasteiger partial charge in [-0.05, 0) is 53.1 Å². The summed E-state index contributed by atoms with van der Waals surface area (Å²) in [5.74, 6) is -3.79. The maximum atomic E-state index is 11.8. The number of hydrogen-bond donors (Lipinski definition) is 13. The van der Waals surface area contributed by atoms with Crippen LogP contribution in [0.4, 0.5) is 11.4 Å². The number of phenolic OH excluding ortho intramolecular Hbond substituents is 1. The van der Waals surface area contributed by atoms with Gasteiger partial charge in [0, 0.05) is 32.7 Å². The fourth-order valence-corrected chi connectivity index (χ4v) is 5.79. The number of phenols is 1.